The molecule has 0 aliphatic carbocycles. The Morgan fingerprint density at radius 1 is 1.20 bits per heavy atom. The van der Waals surface area contributed by atoms with E-state index in [9.17, 15) is 4.79 Å². The van der Waals surface area contributed by atoms with E-state index in [1.54, 1.807) is 0 Å². The Balaban J connectivity index is 2.20. The smallest absolute Gasteiger partial charge is 0.308 e. The van der Waals surface area contributed by atoms with Gasteiger partial charge in [-0.2, -0.15) is 0 Å². The second-order valence-corrected chi connectivity index (χ2v) is 5.43. The Morgan fingerprint density at radius 2 is 1.80 bits per heavy atom. The van der Waals surface area contributed by atoms with Crippen molar-refractivity contribution in [3.8, 4) is 0 Å². The summed E-state index contributed by atoms with van der Waals surface area (Å²) in [6, 6.07) is 0. The molecule has 1 atom stereocenters. The molecule has 0 amide bonds. The van der Waals surface area contributed by atoms with Crippen molar-refractivity contribution in [3.05, 3.63) is 0 Å². The summed E-state index contributed by atoms with van der Waals surface area (Å²) in [5.41, 5.74) is -0.223. The zero-order valence-corrected chi connectivity index (χ0v) is 12.7. The van der Waals surface area contributed by atoms with Gasteiger partial charge in [-0.1, -0.05) is 6.92 Å². The molecular weight excluding hydrogens is 258 g/mol. The fraction of sp³-hybridized carbons (Fsp3) is 0.929. The molecule has 116 valence electrons. The number of nitrogens with one attached hydrogen (secondary N) is 1. The molecule has 20 heavy (non-hydrogen) atoms. The fourth-order valence-electron chi connectivity index (χ4n) is 3.36. The monoisotopic (exact) mass is 285 g/mol. The van der Waals surface area contributed by atoms with Gasteiger partial charge in [0.2, 0.25) is 0 Å². The third-order valence-electron chi connectivity index (χ3n) is 4.53. The molecule has 0 bridgehead atoms. The molecule has 6 heteroatoms. The number of carbonyl (C=O) groups is 1. The molecule has 0 saturated carbocycles. The molecule has 1 N–H and O–H groups in total. The number of piperazine rings is 1. The molecule has 0 aromatic rings. The molecule has 0 radical (unpaired) electrons. The van der Waals surface area contributed by atoms with Crippen LogP contribution in [0.1, 0.15) is 19.8 Å². The minimum absolute atomic E-state index is 0.128. The van der Waals surface area contributed by atoms with E-state index >= 15 is 0 Å². The highest BCUT2D eigenvalue weighted by Crippen LogP contribution is 2.30. The summed E-state index contributed by atoms with van der Waals surface area (Å²) in [7, 11) is 1.47. The number of morpholine rings is 1. The third-order valence-corrected chi connectivity index (χ3v) is 4.53. The lowest BCUT2D eigenvalue weighted by atomic mass is 9.96. The van der Waals surface area contributed by atoms with Crippen molar-refractivity contribution in [2.45, 2.75) is 25.4 Å². The van der Waals surface area contributed by atoms with Crippen LogP contribution in [0, 0.1) is 0 Å². The fourth-order valence-corrected chi connectivity index (χ4v) is 3.36. The molecule has 6 nitrogen and oxygen atoms in total. The van der Waals surface area contributed by atoms with Gasteiger partial charge in [0.15, 0.2) is 0 Å². The maximum absolute atomic E-state index is 11.9. The van der Waals surface area contributed by atoms with E-state index in [4.69, 9.17) is 9.47 Å². The van der Waals surface area contributed by atoms with E-state index in [2.05, 4.69) is 22.0 Å². The van der Waals surface area contributed by atoms with Gasteiger partial charge in [-0.15, -0.1) is 0 Å². The number of hydrogen-bond acceptors (Lipinski definition) is 6. The Morgan fingerprint density at radius 3 is 2.35 bits per heavy atom. The number of methoxy groups -OCH3 is 1. The first-order valence-electron chi connectivity index (χ1n) is 7.58. The average Bonchev–Trinajstić information content (AvgIpc) is 2.54. The van der Waals surface area contributed by atoms with Gasteiger partial charge in [0, 0.05) is 39.3 Å². The van der Waals surface area contributed by atoms with Crippen LogP contribution in [0.25, 0.3) is 0 Å². The highest BCUT2D eigenvalue weighted by Gasteiger charge is 2.43. The van der Waals surface area contributed by atoms with Crippen LogP contribution in [0.5, 0.6) is 0 Å². The number of ether oxygens (including phenoxy) is 2. The minimum atomic E-state index is -0.223. The molecule has 0 spiro atoms. The first-order valence-corrected chi connectivity index (χ1v) is 7.58. The number of hydrogen-bond donors (Lipinski definition) is 1. The van der Waals surface area contributed by atoms with Crippen LogP contribution in [0.3, 0.4) is 0 Å². The van der Waals surface area contributed by atoms with Crippen LogP contribution < -0.4 is 5.32 Å². The van der Waals surface area contributed by atoms with Crippen LogP contribution in [-0.4, -0.2) is 81.0 Å². The van der Waals surface area contributed by atoms with Gasteiger partial charge < -0.3 is 14.8 Å². The van der Waals surface area contributed by atoms with E-state index in [-0.39, 0.29) is 11.6 Å². The molecule has 2 rings (SSSR count). The SMILES string of the molecule is CCC(CC(=O)OC)(N1CCNCC1)N1CCOCC1. The molecule has 2 aliphatic rings. The molecular formula is C14H27N3O3. The summed E-state index contributed by atoms with van der Waals surface area (Å²) >= 11 is 0. The average molecular weight is 285 g/mol. The predicted octanol–water partition coefficient (Wildman–Crippen LogP) is -0.107. The molecule has 2 saturated heterocycles. The van der Waals surface area contributed by atoms with Crippen LogP contribution in [0.15, 0.2) is 0 Å². The molecule has 2 aliphatic heterocycles. The van der Waals surface area contributed by atoms with Gasteiger partial charge >= 0.3 is 5.97 Å². The van der Waals surface area contributed by atoms with Crippen molar-refractivity contribution < 1.29 is 14.3 Å². The number of rotatable bonds is 5. The standard InChI is InChI=1S/C14H27N3O3/c1-3-14(12-13(18)19-2,16-6-4-15-5-7-16)17-8-10-20-11-9-17/h15H,3-12H2,1-2H3. The largest absolute Gasteiger partial charge is 0.469 e. The Hall–Kier alpha value is -0.690. The highest BCUT2D eigenvalue weighted by molar-refractivity contribution is 5.70. The van der Waals surface area contributed by atoms with Crippen molar-refractivity contribution in [2.75, 3.05) is 59.6 Å². The summed E-state index contributed by atoms with van der Waals surface area (Å²) < 4.78 is 10.4. The van der Waals surface area contributed by atoms with Gasteiger partial charge in [0.05, 0.1) is 32.4 Å². The molecule has 0 aromatic carbocycles. The second kappa shape index (κ2) is 7.36. The number of carbonyl (C=O) groups excluding carboxylic acids is 1. The highest BCUT2D eigenvalue weighted by atomic mass is 16.5. The normalized spacial score (nSPS) is 25.1. The zero-order valence-electron chi connectivity index (χ0n) is 12.7. The van der Waals surface area contributed by atoms with Gasteiger partial charge in [-0.25, -0.2) is 0 Å². The third kappa shape index (κ3) is 3.31. The van der Waals surface area contributed by atoms with E-state index in [1.807, 2.05) is 0 Å². The first-order chi connectivity index (χ1) is 9.73. The van der Waals surface area contributed by atoms with Crippen molar-refractivity contribution in [3.63, 3.8) is 0 Å². The van der Waals surface area contributed by atoms with Crippen molar-refractivity contribution >= 4 is 5.97 Å². The van der Waals surface area contributed by atoms with Gasteiger partial charge in [-0.3, -0.25) is 14.6 Å². The van der Waals surface area contributed by atoms with Gasteiger partial charge in [0.1, 0.15) is 0 Å². The maximum atomic E-state index is 11.9. The summed E-state index contributed by atoms with van der Waals surface area (Å²) in [6.07, 6.45) is 1.35. The summed E-state index contributed by atoms with van der Waals surface area (Å²) in [6.45, 7) is 9.33. The van der Waals surface area contributed by atoms with Crippen molar-refractivity contribution in [1.29, 1.82) is 0 Å². The summed E-state index contributed by atoms with van der Waals surface area (Å²) in [5.74, 6) is -0.128. The van der Waals surface area contributed by atoms with Crippen LogP contribution in [-0.2, 0) is 14.3 Å². The van der Waals surface area contributed by atoms with E-state index in [1.165, 1.54) is 7.11 Å². The summed E-state index contributed by atoms with van der Waals surface area (Å²) in [5, 5.41) is 3.38. The summed E-state index contributed by atoms with van der Waals surface area (Å²) in [4.78, 5) is 16.8. The Kier molecular flexibility index (Phi) is 5.77. The van der Waals surface area contributed by atoms with E-state index in [0.29, 0.717) is 6.42 Å². The van der Waals surface area contributed by atoms with Crippen LogP contribution in [0.4, 0.5) is 0 Å². The number of esters is 1. The second-order valence-electron chi connectivity index (χ2n) is 5.43. The Labute approximate surface area is 121 Å². The number of nitrogens with zero attached hydrogens (tertiary/aromatic N) is 2. The van der Waals surface area contributed by atoms with Crippen molar-refractivity contribution in [1.82, 2.24) is 15.1 Å². The van der Waals surface area contributed by atoms with Gasteiger partial charge in [-0.05, 0) is 6.42 Å². The van der Waals surface area contributed by atoms with Gasteiger partial charge in [0.25, 0.3) is 0 Å². The molecule has 2 heterocycles. The van der Waals surface area contributed by atoms with E-state index in [0.717, 1.165) is 58.9 Å². The lowest BCUT2D eigenvalue weighted by Crippen LogP contribution is -2.66. The van der Waals surface area contributed by atoms with E-state index < -0.39 is 0 Å². The minimum Gasteiger partial charge on any atom is -0.469 e. The first kappa shape index (κ1) is 15.7. The predicted molar refractivity (Wildman–Crippen MR) is 76.5 cm³/mol. The van der Waals surface area contributed by atoms with Crippen molar-refractivity contribution in [2.24, 2.45) is 0 Å². The quantitative estimate of drug-likeness (QED) is 0.712. The molecule has 2 fully saturated rings. The topological polar surface area (TPSA) is 54.0 Å². The lowest BCUT2D eigenvalue weighted by Gasteiger charge is -2.52. The Bertz CT molecular complexity index is 295. The molecule has 1 unspecified atom stereocenters. The molecule has 0 aromatic heterocycles. The van der Waals surface area contributed by atoms with Crippen LogP contribution >= 0.6 is 0 Å². The van der Waals surface area contributed by atoms with Crippen LogP contribution in [0.2, 0.25) is 0 Å². The lowest BCUT2D eigenvalue weighted by molar-refractivity contribution is -0.157. The zero-order chi connectivity index (χ0) is 14.4. The maximum Gasteiger partial charge on any atom is 0.308 e.